The number of nitrogens with one attached hydrogen (secondary N) is 1. The molecule has 1 fully saturated rings. The third-order valence-corrected chi connectivity index (χ3v) is 4.30. The number of hydrogen-bond donors (Lipinski definition) is 1. The van der Waals surface area contributed by atoms with Crippen molar-refractivity contribution in [3.63, 3.8) is 0 Å². The summed E-state index contributed by atoms with van der Waals surface area (Å²) in [5.74, 6) is 1.18. The van der Waals surface area contributed by atoms with Crippen LogP contribution in [-0.4, -0.2) is 9.97 Å². The molecule has 0 saturated heterocycles. The molecule has 2 aromatic rings. The van der Waals surface area contributed by atoms with Crippen LogP contribution in [0.15, 0.2) is 29.1 Å². The summed E-state index contributed by atoms with van der Waals surface area (Å²) in [7, 11) is 0. The van der Waals surface area contributed by atoms with E-state index in [0.717, 1.165) is 33.2 Å². The molecule has 1 N–H and O–H groups in total. The van der Waals surface area contributed by atoms with Gasteiger partial charge in [0.15, 0.2) is 0 Å². The number of aryl methyl sites for hydroxylation is 1. The number of benzene rings is 1. The summed E-state index contributed by atoms with van der Waals surface area (Å²) >= 11 is 2.10. The van der Waals surface area contributed by atoms with Crippen molar-refractivity contribution in [3.05, 3.63) is 49.4 Å². The van der Waals surface area contributed by atoms with Crippen molar-refractivity contribution in [1.29, 1.82) is 0 Å². The second-order valence-corrected chi connectivity index (χ2v) is 5.78. The SMILES string of the molecule is Cc1ccccc1-c1nc(C2CC2)c(I)c(=O)[nH]1. The first-order chi connectivity index (χ1) is 8.66. The lowest BCUT2D eigenvalue weighted by Crippen LogP contribution is -2.16. The Labute approximate surface area is 119 Å². The Hall–Kier alpha value is -1.17. The second-order valence-electron chi connectivity index (χ2n) is 4.70. The van der Waals surface area contributed by atoms with Crippen LogP contribution in [0.4, 0.5) is 0 Å². The standard InChI is InChI=1S/C14H13IN2O/c1-8-4-2-3-5-10(8)13-16-12(9-6-7-9)11(15)14(18)17-13/h2-5,9H,6-7H2,1H3,(H,16,17,18). The fourth-order valence-electron chi connectivity index (χ4n) is 2.07. The largest absolute Gasteiger partial charge is 0.306 e. The molecule has 0 amide bonds. The maximum Gasteiger partial charge on any atom is 0.264 e. The number of rotatable bonds is 2. The van der Waals surface area contributed by atoms with E-state index in [1.165, 1.54) is 0 Å². The lowest BCUT2D eigenvalue weighted by molar-refractivity contribution is 0.957. The van der Waals surface area contributed by atoms with Gasteiger partial charge in [-0.25, -0.2) is 4.98 Å². The van der Waals surface area contributed by atoms with Crippen molar-refractivity contribution in [2.75, 3.05) is 0 Å². The zero-order valence-electron chi connectivity index (χ0n) is 10.0. The minimum Gasteiger partial charge on any atom is -0.306 e. The number of aromatic nitrogens is 2. The number of aromatic amines is 1. The lowest BCUT2D eigenvalue weighted by Gasteiger charge is -2.08. The molecule has 1 aromatic carbocycles. The number of nitrogens with zero attached hydrogens (tertiary/aromatic N) is 1. The Balaban J connectivity index is 2.19. The molecule has 4 heteroatoms. The maximum atomic E-state index is 12.0. The van der Waals surface area contributed by atoms with Gasteiger partial charge in [-0.15, -0.1) is 0 Å². The lowest BCUT2D eigenvalue weighted by atomic mass is 10.1. The van der Waals surface area contributed by atoms with Gasteiger partial charge >= 0.3 is 0 Å². The third kappa shape index (κ3) is 2.09. The van der Waals surface area contributed by atoms with Crippen molar-refractivity contribution in [1.82, 2.24) is 9.97 Å². The Morgan fingerprint density at radius 3 is 2.72 bits per heavy atom. The van der Waals surface area contributed by atoms with Crippen LogP contribution in [0.5, 0.6) is 0 Å². The van der Waals surface area contributed by atoms with Gasteiger partial charge in [0.25, 0.3) is 5.56 Å². The molecule has 0 aliphatic heterocycles. The third-order valence-electron chi connectivity index (χ3n) is 3.25. The van der Waals surface area contributed by atoms with Crippen LogP contribution in [0, 0.1) is 10.5 Å². The average molecular weight is 352 g/mol. The zero-order valence-corrected chi connectivity index (χ0v) is 12.2. The van der Waals surface area contributed by atoms with Crippen LogP contribution in [0.2, 0.25) is 0 Å². The van der Waals surface area contributed by atoms with Crippen molar-refractivity contribution in [3.8, 4) is 11.4 Å². The Morgan fingerprint density at radius 1 is 1.33 bits per heavy atom. The van der Waals surface area contributed by atoms with E-state index in [4.69, 9.17) is 0 Å². The minimum absolute atomic E-state index is 0.0225. The van der Waals surface area contributed by atoms with Gasteiger partial charge < -0.3 is 4.98 Å². The average Bonchev–Trinajstić information content (AvgIpc) is 3.17. The van der Waals surface area contributed by atoms with E-state index in [0.29, 0.717) is 11.7 Å². The van der Waals surface area contributed by atoms with E-state index in [1.54, 1.807) is 0 Å². The van der Waals surface area contributed by atoms with Crippen LogP contribution in [-0.2, 0) is 0 Å². The molecule has 1 aliphatic rings. The molecule has 0 unspecified atom stereocenters. The summed E-state index contributed by atoms with van der Waals surface area (Å²) in [4.78, 5) is 19.5. The fourth-order valence-corrected chi connectivity index (χ4v) is 2.77. The summed E-state index contributed by atoms with van der Waals surface area (Å²) in [5, 5.41) is 0. The van der Waals surface area contributed by atoms with Crippen LogP contribution < -0.4 is 5.56 Å². The highest BCUT2D eigenvalue weighted by Crippen LogP contribution is 2.40. The molecule has 1 heterocycles. The van der Waals surface area contributed by atoms with E-state index >= 15 is 0 Å². The molecule has 1 aromatic heterocycles. The Kier molecular flexibility index (Phi) is 2.97. The summed E-state index contributed by atoms with van der Waals surface area (Å²) < 4.78 is 0.743. The van der Waals surface area contributed by atoms with Gasteiger partial charge in [-0.3, -0.25) is 4.79 Å². The number of H-pyrrole nitrogens is 1. The van der Waals surface area contributed by atoms with Crippen LogP contribution in [0.25, 0.3) is 11.4 Å². The molecule has 1 saturated carbocycles. The van der Waals surface area contributed by atoms with Crippen molar-refractivity contribution >= 4 is 22.6 Å². The summed E-state index contributed by atoms with van der Waals surface area (Å²) in [6.07, 6.45) is 2.30. The summed E-state index contributed by atoms with van der Waals surface area (Å²) in [5.41, 5.74) is 3.08. The molecule has 3 nitrogen and oxygen atoms in total. The highest BCUT2D eigenvalue weighted by atomic mass is 127. The first kappa shape index (κ1) is 11.9. The van der Waals surface area contributed by atoms with Gasteiger partial charge in [-0.1, -0.05) is 24.3 Å². The first-order valence-electron chi connectivity index (χ1n) is 6.02. The monoisotopic (exact) mass is 352 g/mol. The van der Waals surface area contributed by atoms with Gasteiger partial charge in [0, 0.05) is 11.5 Å². The highest BCUT2D eigenvalue weighted by Gasteiger charge is 2.29. The molecule has 0 atom stereocenters. The molecule has 3 rings (SSSR count). The molecule has 92 valence electrons. The molecule has 18 heavy (non-hydrogen) atoms. The van der Waals surface area contributed by atoms with E-state index in [-0.39, 0.29) is 5.56 Å². The summed E-state index contributed by atoms with van der Waals surface area (Å²) in [6, 6.07) is 7.99. The van der Waals surface area contributed by atoms with E-state index in [9.17, 15) is 4.79 Å². The smallest absolute Gasteiger partial charge is 0.264 e. The quantitative estimate of drug-likeness (QED) is 0.844. The fraction of sp³-hybridized carbons (Fsp3) is 0.286. The Bertz CT molecular complexity index is 659. The number of hydrogen-bond acceptors (Lipinski definition) is 2. The van der Waals surface area contributed by atoms with Gasteiger partial charge in [0.2, 0.25) is 0 Å². The van der Waals surface area contributed by atoms with Gasteiger partial charge in [0.1, 0.15) is 5.82 Å². The topological polar surface area (TPSA) is 45.8 Å². The molecular formula is C14H13IN2O. The number of halogens is 1. The van der Waals surface area contributed by atoms with Gasteiger partial charge in [-0.05, 0) is 47.9 Å². The van der Waals surface area contributed by atoms with Crippen LogP contribution in [0.1, 0.15) is 30.0 Å². The predicted molar refractivity (Wildman–Crippen MR) is 79.7 cm³/mol. The normalized spacial score (nSPS) is 14.8. The maximum absolute atomic E-state index is 12.0. The van der Waals surface area contributed by atoms with Gasteiger partial charge in [0.05, 0.1) is 9.26 Å². The van der Waals surface area contributed by atoms with Crippen molar-refractivity contribution < 1.29 is 0 Å². The minimum atomic E-state index is -0.0225. The predicted octanol–water partition coefficient (Wildman–Crippen LogP) is 3.23. The molecule has 0 bridgehead atoms. The van der Waals surface area contributed by atoms with Gasteiger partial charge in [-0.2, -0.15) is 0 Å². The highest BCUT2D eigenvalue weighted by molar-refractivity contribution is 14.1. The van der Waals surface area contributed by atoms with Crippen molar-refractivity contribution in [2.24, 2.45) is 0 Å². The van der Waals surface area contributed by atoms with E-state index in [2.05, 4.69) is 32.6 Å². The molecule has 0 radical (unpaired) electrons. The van der Waals surface area contributed by atoms with E-state index < -0.39 is 0 Å². The summed E-state index contributed by atoms with van der Waals surface area (Å²) in [6.45, 7) is 2.03. The molecule has 0 spiro atoms. The first-order valence-corrected chi connectivity index (χ1v) is 7.10. The van der Waals surface area contributed by atoms with E-state index in [1.807, 2.05) is 31.2 Å². The second kappa shape index (κ2) is 4.50. The zero-order chi connectivity index (χ0) is 12.7. The van der Waals surface area contributed by atoms with Crippen LogP contribution in [0.3, 0.4) is 0 Å². The Morgan fingerprint density at radius 2 is 2.06 bits per heavy atom. The van der Waals surface area contributed by atoms with Crippen molar-refractivity contribution in [2.45, 2.75) is 25.7 Å². The van der Waals surface area contributed by atoms with Crippen LogP contribution >= 0.6 is 22.6 Å². The molecular weight excluding hydrogens is 339 g/mol. The molecule has 1 aliphatic carbocycles.